The lowest BCUT2D eigenvalue weighted by Gasteiger charge is -2.38. The van der Waals surface area contributed by atoms with Gasteiger partial charge in [-0.1, -0.05) is 51.5 Å². The van der Waals surface area contributed by atoms with Crippen molar-refractivity contribution in [3.63, 3.8) is 0 Å². The Morgan fingerprint density at radius 1 is 0.857 bits per heavy atom. The average Bonchev–Trinajstić information content (AvgIpc) is 2.53. The summed E-state index contributed by atoms with van der Waals surface area (Å²) in [6.07, 6.45) is 20.8. The van der Waals surface area contributed by atoms with Gasteiger partial charge < -0.3 is 0 Å². The van der Waals surface area contributed by atoms with Gasteiger partial charge in [0.1, 0.15) is 0 Å². The first-order valence-electron chi connectivity index (χ1n) is 9.38. The second-order valence-corrected chi connectivity index (χ2v) is 7.46. The Hall–Kier alpha value is -0.770. The summed E-state index contributed by atoms with van der Waals surface area (Å²) >= 11 is 0. The van der Waals surface area contributed by atoms with Crippen molar-refractivity contribution in [2.45, 2.75) is 84.0 Å². The van der Waals surface area contributed by atoms with Crippen molar-refractivity contribution in [3.8, 4) is 6.07 Å². The largest absolute Gasteiger partial charge is 0.193 e. The van der Waals surface area contributed by atoms with Gasteiger partial charge in [0.2, 0.25) is 0 Å². The molecule has 0 bridgehead atoms. The van der Waals surface area contributed by atoms with E-state index in [1.54, 1.807) is 6.08 Å². The molecule has 0 N–H and O–H groups in total. The summed E-state index contributed by atoms with van der Waals surface area (Å²) in [5, 5.41) is 8.50. The molecular weight excluding hydrogens is 254 g/mol. The van der Waals surface area contributed by atoms with Crippen LogP contribution in [0.5, 0.6) is 0 Å². The summed E-state index contributed by atoms with van der Waals surface area (Å²) < 4.78 is 0. The predicted molar refractivity (Wildman–Crippen MR) is 89.8 cm³/mol. The fourth-order valence-electron chi connectivity index (χ4n) is 4.77. The van der Waals surface area contributed by atoms with Gasteiger partial charge in [-0.05, 0) is 62.2 Å². The zero-order chi connectivity index (χ0) is 14.9. The van der Waals surface area contributed by atoms with Crippen molar-refractivity contribution in [2.24, 2.45) is 23.7 Å². The van der Waals surface area contributed by atoms with Gasteiger partial charge in [0.05, 0.1) is 6.07 Å². The molecular formula is C20H33N. The highest BCUT2D eigenvalue weighted by molar-refractivity contribution is 5.01. The summed E-state index contributed by atoms with van der Waals surface area (Å²) in [5.74, 6) is 4.08. The zero-order valence-corrected chi connectivity index (χ0v) is 13.9. The minimum absolute atomic E-state index is 0.932. The SMILES string of the molecule is CCCC1CCC(C2CCC(CC/C=C\C#N)CC2)CC1. The van der Waals surface area contributed by atoms with Gasteiger partial charge in [-0.15, -0.1) is 0 Å². The van der Waals surface area contributed by atoms with E-state index in [1.165, 1.54) is 70.6 Å². The molecule has 118 valence electrons. The molecule has 0 radical (unpaired) electrons. The van der Waals surface area contributed by atoms with E-state index < -0.39 is 0 Å². The Labute approximate surface area is 131 Å². The van der Waals surface area contributed by atoms with E-state index in [1.807, 2.05) is 6.08 Å². The van der Waals surface area contributed by atoms with Gasteiger partial charge in [-0.25, -0.2) is 0 Å². The summed E-state index contributed by atoms with van der Waals surface area (Å²) in [6, 6.07) is 2.09. The van der Waals surface area contributed by atoms with E-state index in [4.69, 9.17) is 5.26 Å². The molecule has 2 aliphatic carbocycles. The molecule has 0 saturated heterocycles. The Bertz CT molecular complexity index is 335. The van der Waals surface area contributed by atoms with Crippen molar-refractivity contribution in [3.05, 3.63) is 12.2 Å². The topological polar surface area (TPSA) is 23.8 Å². The molecule has 0 aromatic carbocycles. The second-order valence-electron chi connectivity index (χ2n) is 7.46. The quantitative estimate of drug-likeness (QED) is 0.529. The third-order valence-corrected chi connectivity index (χ3v) is 6.08. The van der Waals surface area contributed by atoms with Crippen molar-refractivity contribution < 1.29 is 0 Å². The molecule has 0 aromatic heterocycles. The van der Waals surface area contributed by atoms with E-state index in [9.17, 15) is 0 Å². The van der Waals surface area contributed by atoms with E-state index in [-0.39, 0.29) is 0 Å². The van der Waals surface area contributed by atoms with Crippen molar-refractivity contribution >= 4 is 0 Å². The van der Waals surface area contributed by atoms with Gasteiger partial charge >= 0.3 is 0 Å². The van der Waals surface area contributed by atoms with Crippen molar-refractivity contribution in [1.29, 1.82) is 5.26 Å². The van der Waals surface area contributed by atoms with Crippen LogP contribution in [-0.4, -0.2) is 0 Å². The molecule has 1 heteroatoms. The van der Waals surface area contributed by atoms with Crippen LogP contribution in [0.3, 0.4) is 0 Å². The molecule has 1 nitrogen and oxygen atoms in total. The number of nitriles is 1. The molecule has 2 rings (SSSR count). The zero-order valence-electron chi connectivity index (χ0n) is 13.9. The van der Waals surface area contributed by atoms with Crippen LogP contribution in [0.4, 0.5) is 0 Å². The minimum Gasteiger partial charge on any atom is -0.193 e. The summed E-state index contributed by atoms with van der Waals surface area (Å²) in [5.41, 5.74) is 0. The standard InChI is InChI=1S/C20H33N/c1-2-6-17-8-12-19(13-9-17)20-14-10-18(11-15-20)7-4-3-5-16-21/h3,5,17-20H,2,4,6-15H2,1H3/b5-3-. The Morgan fingerprint density at radius 3 is 1.86 bits per heavy atom. The molecule has 0 atom stereocenters. The van der Waals surface area contributed by atoms with Crippen molar-refractivity contribution in [1.82, 2.24) is 0 Å². The molecule has 0 aromatic rings. The first-order chi connectivity index (χ1) is 10.3. The Morgan fingerprint density at radius 2 is 1.38 bits per heavy atom. The molecule has 0 spiro atoms. The van der Waals surface area contributed by atoms with Crippen LogP contribution < -0.4 is 0 Å². The first kappa shape index (κ1) is 16.6. The maximum atomic E-state index is 8.50. The smallest absolute Gasteiger partial charge is 0.0908 e. The number of hydrogen-bond acceptors (Lipinski definition) is 1. The van der Waals surface area contributed by atoms with Crippen LogP contribution in [0.2, 0.25) is 0 Å². The summed E-state index contributed by atoms with van der Waals surface area (Å²) in [7, 11) is 0. The van der Waals surface area contributed by atoms with Crippen LogP contribution >= 0.6 is 0 Å². The molecule has 0 aliphatic heterocycles. The molecule has 0 unspecified atom stereocenters. The Kier molecular flexibility index (Phi) is 7.34. The monoisotopic (exact) mass is 287 g/mol. The molecule has 2 saturated carbocycles. The number of hydrogen-bond donors (Lipinski definition) is 0. The lowest BCUT2D eigenvalue weighted by Crippen LogP contribution is -2.25. The highest BCUT2D eigenvalue weighted by atomic mass is 14.4. The highest BCUT2D eigenvalue weighted by Crippen LogP contribution is 2.42. The lowest BCUT2D eigenvalue weighted by atomic mass is 9.68. The first-order valence-corrected chi connectivity index (χ1v) is 9.38. The predicted octanol–water partition coefficient (Wildman–Crippen LogP) is 6.26. The minimum atomic E-state index is 0.932. The van der Waals surface area contributed by atoms with Gasteiger partial charge in [0.25, 0.3) is 0 Å². The lowest BCUT2D eigenvalue weighted by molar-refractivity contribution is 0.141. The highest BCUT2D eigenvalue weighted by Gasteiger charge is 2.30. The fraction of sp³-hybridized carbons (Fsp3) is 0.850. The molecule has 0 heterocycles. The number of rotatable bonds is 6. The van der Waals surface area contributed by atoms with Crippen LogP contribution in [0, 0.1) is 35.0 Å². The van der Waals surface area contributed by atoms with Crippen LogP contribution in [-0.2, 0) is 0 Å². The Balaban J connectivity index is 1.63. The maximum absolute atomic E-state index is 8.50. The number of allylic oxidation sites excluding steroid dienone is 2. The summed E-state index contributed by atoms with van der Waals surface area (Å²) in [4.78, 5) is 0. The molecule has 2 aliphatic rings. The van der Waals surface area contributed by atoms with Gasteiger partial charge in [0.15, 0.2) is 0 Å². The third-order valence-electron chi connectivity index (χ3n) is 6.08. The van der Waals surface area contributed by atoms with Gasteiger partial charge in [0, 0.05) is 6.08 Å². The van der Waals surface area contributed by atoms with Gasteiger partial charge in [-0.3, -0.25) is 0 Å². The van der Waals surface area contributed by atoms with Crippen LogP contribution in [0.25, 0.3) is 0 Å². The van der Waals surface area contributed by atoms with E-state index in [0.717, 1.165) is 30.1 Å². The molecule has 0 amide bonds. The average molecular weight is 287 g/mol. The van der Waals surface area contributed by atoms with E-state index in [2.05, 4.69) is 13.0 Å². The van der Waals surface area contributed by atoms with Crippen LogP contribution in [0.1, 0.15) is 84.0 Å². The fourth-order valence-corrected chi connectivity index (χ4v) is 4.77. The number of nitrogens with zero attached hydrogens (tertiary/aromatic N) is 1. The normalized spacial score (nSPS) is 33.9. The van der Waals surface area contributed by atoms with E-state index >= 15 is 0 Å². The molecule has 2 fully saturated rings. The summed E-state index contributed by atoms with van der Waals surface area (Å²) in [6.45, 7) is 2.33. The third kappa shape index (κ3) is 5.50. The van der Waals surface area contributed by atoms with E-state index in [0.29, 0.717) is 0 Å². The maximum Gasteiger partial charge on any atom is 0.0908 e. The van der Waals surface area contributed by atoms with Crippen LogP contribution in [0.15, 0.2) is 12.2 Å². The van der Waals surface area contributed by atoms with Crippen molar-refractivity contribution in [2.75, 3.05) is 0 Å². The van der Waals surface area contributed by atoms with Gasteiger partial charge in [-0.2, -0.15) is 5.26 Å². The molecule has 21 heavy (non-hydrogen) atoms. The second kappa shape index (κ2) is 9.29.